The van der Waals surface area contributed by atoms with Crippen molar-refractivity contribution in [2.24, 2.45) is 0 Å². The molecular formula is C22H16N4O5S. The van der Waals surface area contributed by atoms with Crippen molar-refractivity contribution in [1.82, 2.24) is 15.1 Å². The van der Waals surface area contributed by atoms with E-state index in [9.17, 15) is 14.9 Å². The smallest absolute Gasteiger partial charge is 0.338 e. The van der Waals surface area contributed by atoms with Gasteiger partial charge in [-0.05, 0) is 43.3 Å². The number of pyridine rings is 1. The summed E-state index contributed by atoms with van der Waals surface area (Å²) in [4.78, 5) is 32.9. The highest BCUT2D eigenvalue weighted by atomic mass is 32.2. The minimum Gasteiger partial charge on any atom is -0.452 e. The topological polar surface area (TPSA) is 121 Å². The van der Waals surface area contributed by atoms with Gasteiger partial charge in [0.2, 0.25) is 5.82 Å². The number of aryl methyl sites for hydroxylation is 1. The lowest BCUT2D eigenvalue weighted by Crippen LogP contribution is -2.06. The van der Waals surface area contributed by atoms with E-state index < -0.39 is 10.9 Å². The van der Waals surface area contributed by atoms with E-state index in [1.54, 1.807) is 24.5 Å². The number of ether oxygens (including phenoxy) is 1. The first-order valence-electron chi connectivity index (χ1n) is 9.42. The first-order chi connectivity index (χ1) is 15.5. The molecule has 0 N–H and O–H groups in total. The van der Waals surface area contributed by atoms with Crippen LogP contribution in [0, 0.1) is 17.0 Å². The molecule has 4 rings (SSSR count). The van der Waals surface area contributed by atoms with Gasteiger partial charge in [0.1, 0.15) is 0 Å². The summed E-state index contributed by atoms with van der Waals surface area (Å²) in [5.41, 5.74) is 1.63. The summed E-state index contributed by atoms with van der Waals surface area (Å²) >= 11 is 1.25. The second-order valence-corrected chi connectivity index (χ2v) is 7.80. The molecule has 0 unspecified atom stereocenters. The molecule has 0 bridgehead atoms. The van der Waals surface area contributed by atoms with E-state index in [4.69, 9.17) is 9.26 Å². The minimum atomic E-state index is -0.735. The molecule has 10 heteroatoms. The standard InChI is InChI=1S/C22H16N4O5S/c1-14-4-7-17(8-5-14)32-19-9-6-15(11-18(19)26(28)29)22(27)30-13-20-24-21(25-31-20)16-3-2-10-23-12-16/h2-12H,13H2,1H3. The maximum atomic E-state index is 12.4. The molecule has 0 aliphatic heterocycles. The van der Waals surface area contributed by atoms with Gasteiger partial charge in [-0.25, -0.2) is 4.79 Å². The molecule has 0 fully saturated rings. The van der Waals surface area contributed by atoms with Crippen molar-refractivity contribution in [3.63, 3.8) is 0 Å². The van der Waals surface area contributed by atoms with E-state index >= 15 is 0 Å². The molecular weight excluding hydrogens is 432 g/mol. The van der Waals surface area contributed by atoms with Crippen LogP contribution in [0.25, 0.3) is 11.4 Å². The highest BCUT2D eigenvalue weighted by molar-refractivity contribution is 7.99. The van der Waals surface area contributed by atoms with Crippen LogP contribution >= 0.6 is 11.8 Å². The largest absolute Gasteiger partial charge is 0.452 e. The lowest BCUT2D eigenvalue weighted by atomic mass is 10.2. The number of esters is 1. The van der Waals surface area contributed by atoms with Crippen LogP contribution in [0.1, 0.15) is 21.8 Å². The molecule has 0 radical (unpaired) electrons. The Balaban J connectivity index is 1.45. The van der Waals surface area contributed by atoms with Crippen molar-refractivity contribution in [3.8, 4) is 11.4 Å². The van der Waals surface area contributed by atoms with Crippen LogP contribution < -0.4 is 0 Å². The normalized spacial score (nSPS) is 10.7. The van der Waals surface area contributed by atoms with Gasteiger partial charge >= 0.3 is 5.97 Å². The molecule has 4 aromatic rings. The van der Waals surface area contributed by atoms with Gasteiger partial charge in [-0.15, -0.1) is 0 Å². The number of aromatic nitrogens is 3. The van der Waals surface area contributed by atoms with Crippen molar-refractivity contribution in [3.05, 3.63) is 94.1 Å². The van der Waals surface area contributed by atoms with Gasteiger partial charge in [0.15, 0.2) is 6.61 Å². The molecule has 0 amide bonds. The van der Waals surface area contributed by atoms with Crippen molar-refractivity contribution in [2.75, 3.05) is 0 Å². The molecule has 160 valence electrons. The maximum absolute atomic E-state index is 12.4. The predicted octanol–water partition coefficient (Wildman–Crippen LogP) is 4.86. The number of hydrogen-bond donors (Lipinski definition) is 0. The number of nitro benzene ring substituents is 1. The fourth-order valence-corrected chi connectivity index (χ4v) is 3.64. The summed E-state index contributed by atoms with van der Waals surface area (Å²) in [6, 6.07) is 15.4. The van der Waals surface area contributed by atoms with Crippen LogP contribution in [0.15, 0.2) is 81.3 Å². The van der Waals surface area contributed by atoms with Crippen LogP contribution in [0.5, 0.6) is 0 Å². The quantitative estimate of drug-likeness (QED) is 0.222. The van der Waals surface area contributed by atoms with Gasteiger partial charge in [0.05, 0.1) is 15.4 Å². The maximum Gasteiger partial charge on any atom is 0.338 e. The summed E-state index contributed by atoms with van der Waals surface area (Å²) < 4.78 is 10.3. The molecule has 32 heavy (non-hydrogen) atoms. The Bertz CT molecular complexity index is 1260. The zero-order chi connectivity index (χ0) is 22.5. The third kappa shape index (κ3) is 4.98. The van der Waals surface area contributed by atoms with E-state index in [0.717, 1.165) is 10.5 Å². The monoisotopic (exact) mass is 448 g/mol. The summed E-state index contributed by atoms with van der Waals surface area (Å²) in [6.07, 6.45) is 3.20. The molecule has 0 aliphatic rings. The van der Waals surface area contributed by atoms with Gasteiger partial charge < -0.3 is 9.26 Å². The van der Waals surface area contributed by atoms with E-state index in [1.165, 1.54) is 30.0 Å². The van der Waals surface area contributed by atoms with E-state index in [1.807, 2.05) is 31.2 Å². The number of carbonyl (C=O) groups excluding carboxylic acids is 1. The third-order valence-corrected chi connectivity index (χ3v) is 5.43. The van der Waals surface area contributed by atoms with E-state index in [0.29, 0.717) is 16.3 Å². The van der Waals surface area contributed by atoms with Gasteiger partial charge in [-0.3, -0.25) is 15.1 Å². The number of nitrogens with zero attached hydrogens (tertiary/aromatic N) is 4. The molecule has 0 saturated carbocycles. The summed E-state index contributed by atoms with van der Waals surface area (Å²) in [6.45, 7) is 1.70. The Morgan fingerprint density at radius 1 is 1.19 bits per heavy atom. The zero-order valence-electron chi connectivity index (χ0n) is 16.8. The molecule has 2 aromatic carbocycles. The van der Waals surface area contributed by atoms with Gasteiger partial charge in [0.25, 0.3) is 11.6 Å². The fourth-order valence-electron chi connectivity index (χ4n) is 2.74. The Hall–Kier alpha value is -4.05. The van der Waals surface area contributed by atoms with E-state index in [-0.39, 0.29) is 23.7 Å². The Labute approximate surface area is 186 Å². The Morgan fingerprint density at radius 2 is 2.00 bits per heavy atom. The molecule has 0 aliphatic carbocycles. The van der Waals surface area contributed by atoms with Gasteiger partial charge in [0, 0.05) is 28.9 Å². The molecule has 9 nitrogen and oxygen atoms in total. The molecule has 0 atom stereocenters. The van der Waals surface area contributed by atoms with E-state index in [2.05, 4.69) is 15.1 Å². The summed E-state index contributed by atoms with van der Waals surface area (Å²) in [5, 5.41) is 15.4. The second kappa shape index (κ2) is 9.40. The number of rotatable bonds is 7. The molecule has 0 spiro atoms. The summed E-state index contributed by atoms with van der Waals surface area (Å²) in [7, 11) is 0. The molecule has 2 heterocycles. The predicted molar refractivity (Wildman–Crippen MR) is 115 cm³/mol. The van der Waals surface area contributed by atoms with Gasteiger partial charge in [-0.2, -0.15) is 4.98 Å². The first-order valence-corrected chi connectivity index (χ1v) is 10.2. The average Bonchev–Trinajstić information content (AvgIpc) is 3.29. The Morgan fingerprint density at radius 3 is 2.72 bits per heavy atom. The van der Waals surface area contributed by atoms with Crippen LogP contribution in [-0.2, 0) is 11.3 Å². The number of carbonyl (C=O) groups is 1. The van der Waals surface area contributed by atoms with Crippen LogP contribution in [0.2, 0.25) is 0 Å². The van der Waals surface area contributed by atoms with Crippen molar-refractivity contribution in [1.29, 1.82) is 0 Å². The number of nitro groups is 1. The third-order valence-electron chi connectivity index (χ3n) is 4.35. The first kappa shape index (κ1) is 21.2. The van der Waals surface area contributed by atoms with Crippen LogP contribution in [-0.4, -0.2) is 26.0 Å². The number of benzene rings is 2. The second-order valence-electron chi connectivity index (χ2n) is 6.68. The average molecular weight is 448 g/mol. The zero-order valence-corrected chi connectivity index (χ0v) is 17.6. The Kier molecular flexibility index (Phi) is 6.22. The molecule has 0 saturated heterocycles. The SMILES string of the molecule is Cc1ccc(Sc2ccc(C(=O)OCc3nc(-c4cccnc4)no3)cc2[N+](=O)[O-])cc1. The van der Waals surface area contributed by atoms with Crippen molar-refractivity contribution < 1.29 is 19.0 Å². The van der Waals surface area contributed by atoms with Crippen molar-refractivity contribution >= 4 is 23.4 Å². The highest BCUT2D eigenvalue weighted by Crippen LogP contribution is 2.35. The van der Waals surface area contributed by atoms with Crippen LogP contribution in [0.4, 0.5) is 5.69 Å². The van der Waals surface area contributed by atoms with Crippen LogP contribution in [0.3, 0.4) is 0 Å². The molecule has 2 aromatic heterocycles. The van der Waals surface area contributed by atoms with Crippen molar-refractivity contribution in [2.45, 2.75) is 23.3 Å². The lowest BCUT2D eigenvalue weighted by Gasteiger charge is -2.06. The fraction of sp³-hybridized carbons (Fsp3) is 0.0909. The lowest BCUT2D eigenvalue weighted by molar-refractivity contribution is -0.387. The highest BCUT2D eigenvalue weighted by Gasteiger charge is 2.20. The van der Waals surface area contributed by atoms with Gasteiger partial charge in [-0.1, -0.05) is 34.6 Å². The summed E-state index contributed by atoms with van der Waals surface area (Å²) in [5.74, 6) is -0.323. The minimum absolute atomic E-state index is 0.0527. The number of hydrogen-bond acceptors (Lipinski definition) is 9.